The van der Waals surface area contributed by atoms with Crippen molar-refractivity contribution in [2.45, 2.75) is 39.2 Å². The second-order valence-electron chi connectivity index (χ2n) is 4.89. The summed E-state index contributed by atoms with van der Waals surface area (Å²) in [6, 6.07) is 7.06. The molecule has 1 aromatic rings. The van der Waals surface area contributed by atoms with Gasteiger partial charge < -0.3 is 14.8 Å². The molecular weight excluding hydrogens is 268 g/mol. The van der Waals surface area contributed by atoms with Crippen LogP contribution in [-0.4, -0.2) is 25.2 Å². The molecule has 0 bridgehead atoms. The minimum Gasteiger partial charge on any atom is -0.492 e. The average molecular weight is 290 g/mol. The highest BCUT2D eigenvalue weighted by Crippen LogP contribution is 2.24. The van der Waals surface area contributed by atoms with E-state index in [0.717, 1.165) is 6.42 Å². The predicted octanol–water partition coefficient (Wildman–Crippen LogP) is 3.10. The lowest BCUT2D eigenvalue weighted by atomic mass is 9.99. The number of anilines is 1. The lowest BCUT2D eigenvalue weighted by Gasteiger charge is -2.26. The zero-order valence-electron chi connectivity index (χ0n) is 13.0. The van der Waals surface area contributed by atoms with Crippen LogP contribution in [0.1, 0.15) is 39.2 Å². The lowest BCUT2D eigenvalue weighted by molar-refractivity contribution is -0.136. The largest absolute Gasteiger partial charge is 0.492 e. The van der Waals surface area contributed by atoms with Gasteiger partial charge in [0.15, 0.2) is 0 Å². The Bertz CT molecular complexity index is 537. The van der Waals surface area contributed by atoms with Gasteiger partial charge in [-0.15, -0.1) is 0 Å². The van der Waals surface area contributed by atoms with E-state index in [1.165, 1.54) is 7.11 Å². The van der Waals surface area contributed by atoms with Crippen LogP contribution in [0.4, 0.5) is 5.69 Å². The molecule has 0 spiro atoms. The summed E-state index contributed by atoms with van der Waals surface area (Å²) in [5.74, 6) is 0.293. The van der Waals surface area contributed by atoms with E-state index in [0.29, 0.717) is 30.0 Å². The number of carbonyl (C=O) groups is 1. The molecule has 1 N–H and O–H groups in total. The van der Waals surface area contributed by atoms with E-state index in [9.17, 15) is 4.79 Å². The summed E-state index contributed by atoms with van der Waals surface area (Å²) >= 11 is 0. The maximum Gasteiger partial charge on any atom is 0.256 e. The van der Waals surface area contributed by atoms with Crippen LogP contribution in [0.2, 0.25) is 0 Å². The number of nitrogens with zero attached hydrogens (tertiary/aromatic N) is 1. The highest BCUT2D eigenvalue weighted by atomic mass is 16.5. The van der Waals surface area contributed by atoms with Crippen LogP contribution in [0, 0.1) is 11.3 Å². The summed E-state index contributed by atoms with van der Waals surface area (Å²) < 4.78 is 10.7. The molecule has 5 nitrogen and oxygen atoms in total. The van der Waals surface area contributed by atoms with Crippen molar-refractivity contribution in [3.8, 4) is 11.8 Å². The van der Waals surface area contributed by atoms with Crippen molar-refractivity contribution < 1.29 is 14.3 Å². The normalized spacial score (nSPS) is 13.1. The number of carbonyl (C=O) groups excluding carboxylic acids is 1. The molecule has 0 saturated carbocycles. The summed E-state index contributed by atoms with van der Waals surface area (Å²) in [6.45, 7) is 6.09. The molecule has 0 heterocycles. The van der Waals surface area contributed by atoms with Gasteiger partial charge in [-0.25, -0.2) is 0 Å². The van der Waals surface area contributed by atoms with Crippen molar-refractivity contribution in [3.05, 3.63) is 23.8 Å². The second kappa shape index (κ2) is 7.65. The number of rotatable bonds is 7. The van der Waals surface area contributed by atoms with Gasteiger partial charge in [-0.3, -0.25) is 4.79 Å². The van der Waals surface area contributed by atoms with E-state index in [-0.39, 0.29) is 5.91 Å². The first kappa shape index (κ1) is 17.0. The van der Waals surface area contributed by atoms with Gasteiger partial charge in [0, 0.05) is 12.8 Å². The smallest absolute Gasteiger partial charge is 0.256 e. The fourth-order valence-corrected chi connectivity index (χ4v) is 2.03. The van der Waals surface area contributed by atoms with Crippen LogP contribution in [0.15, 0.2) is 18.2 Å². The highest BCUT2D eigenvalue weighted by Gasteiger charge is 2.32. The Morgan fingerprint density at radius 1 is 1.43 bits per heavy atom. The molecule has 114 valence electrons. The molecule has 1 amide bonds. The van der Waals surface area contributed by atoms with Crippen LogP contribution in [-0.2, 0) is 9.53 Å². The lowest BCUT2D eigenvalue weighted by Crippen LogP contribution is -2.41. The topological polar surface area (TPSA) is 71.3 Å². The Hall–Kier alpha value is -2.06. The van der Waals surface area contributed by atoms with Crippen LogP contribution in [0.5, 0.6) is 5.75 Å². The third-order valence-corrected chi connectivity index (χ3v) is 3.32. The van der Waals surface area contributed by atoms with E-state index in [1.807, 2.05) is 13.8 Å². The summed E-state index contributed by atoms with van der Waals surface area (Å²) in [6.07, 6.45) is 1.46. The number of nitriles is 1. The minimum atomic E-state index is -0.875. The first-order valence-corrected chi connectivity index (χ1v) is 7.04. The molecule has 1 atom stereocenters. The molecule has 21 heavy (non-hydrogen) atoms. The number of hydrogen-bond donors (Lipinski definition) is 1. The quantitative estimate of drug-likeness (QED) is 0.837. The molecule has 0 aromatic heterocycles. The van der Waals surface area contributed by atoms with Gasteiger partial charge in [-0.1, -0.05) is 13.3 Å². The Morgan fingerprint density at radius 2 is 2.14 bits per heavy atom. The van der Waals surface area contributed by atoms with E-state index in [1.54, 1.807) is 25.1 Å². The highest BCUT2D eigenvalue weighted by molar-refractivity contribution is 5.97. The van der Waals surface area contributed by atoms with Gasteiger partial charge in [-0.2, -0.15) is 5.26 Å². The molecule has 0 aliphatic carbocycles. The Morgan fingerprint density at radius 3 is 2.67 bits per heavy atom. The fraction of sp³-hybridized carbons (Fsp3) is 0.500. The first-order chi connectivity index (χ1) is 10.0. The first-order valence-electron chi connectivity index (χ1n) is 7.04. The fourth-order valence-electron chi connectivity index (χ4n) is 2.03. The number of benzene rings is 1. The second-order valence-corrected chi connectivity index (χ2v) is 4.89. The number of amides is 1. The molecule has 0 saturated heterocycles. The van der Waals surface area contributed by atoms with Gasteiger partial charge >= 0.3 is 0 Å². The minimum absolute atomic E-state index is 0.222. The Labute approximate surface area is 125 Å². The van der Waals surface area contributed by atoms with Gasteiger partial charge in [-0.05, 0) is 38.5 Å². The Balaban J connectivity index is 2.93. The number of methoxy groups -OCH3 is 1. The van der Waals surface area contributed by atoms with Crippen molar-refractivity contribution >= 4 is 11.6 Å². The van der Waals surface area contributed by atoms with Crippen LogP contribution >= 0.6 is 0 Å². The number of hydrogen-bond acceptors (Lipinski definition) is 4. The molecular formula is C16H22N2O3. The summed E-state index contributed by atoms with van der Waals surface area (Å²) in [4.78, 5) is 12.3. The molecule has 1 unspecified atom stereocenters. The predicted molar refractivity (Wildman–Crippen MR) is 81.3 cm³/mol. The van der Waals surface area contributed by atoms with Crippen molar-refractivity contribution in [1.29, 1.82) is 5.26 Å². The third kappa shape index (κ3) is 4.20. The standard InChI is InChI=1S/C16H22N2O3/c1-5-9-16(3,20-4)15(19)18-13-7-8-14(21-6-2)12(10-13)11-17/h7-8,10H,5-6,9H2,1-4H3,(H,18,19). The van der Waals surface area contributed by atoms with Crippen molar-refractivity contribution in [2.75, 3.05) is 19.0 Å². The van der Waals surface area contributed by atoms with Crippen molar-refractivity contribution in [3.63, 3.8) is 0 Å². The van der Waals surface area contributed by atoms with Gasteiger partial charge in [0.25, 0.3) is 5.91 Å². The van der Waals surface area contributed by atoms with E-state index >= 15 is 0 Å². The van der Waals surface area contributed by atoms with Crippen LogP contribution in [0.25, 0.3) is 0 Å². The summed E-state index contributed by atoms with van der Waals surface area (Å²) in [7, 11) is 1.52. The maximum absolute atomic E-state index is 12.3. The number of ether oxygens (including phenoxy) is 2. The molecule has 0 aliphatic rings. The Kier molecular flexibility index (Phi) is 6.19. The third-order valence-electron chi connectivity index (χ3n) is 3.32. The van der Waals surface area contributed by atoms with E-state index in [2.05, 4.69) is 11.4 Å². The number of nitrogens with one attached hydrogen (secondary N) is 1. The van der Waals surface area contributed by atoms with Gasteiger partial charge in [0.1, 0.15) is 17.4 Å². The zero-order chi connectivity index (χ0) is 15.9. The summed E-state index contributed by atoms with van der Waals surface area (Å²) in [5, 5.41) is 11.9. The van der Waals surface area contributed by atoms with Crippen molar-refractivity contribution in [2.24, 2.45) is 0 Å². The van der Waals surface area contributed by atoms with Gasteiger partial charge in [0.05, 0.1) is 12.2 Å². The van der Waals surface area contributed by atoms with Crippen LogP contribution in [0.3, 0.4) is 0 Å². The van der Waals surface area contributed by atoms with E-state index < -0.39 is 5.60 Å². The zero-order valence-corrected chi connectivity index (χ0v) is 13.0. The average Bonchev–Trinajstić information content (AvgIpc) is 2.49. The molecule has 0 radical (unpaired) electrons. The van der Waals surface area contributed by atoms with Crippen LogP contribution < -0.4 is 10.1 Å². The van der Waals surface area contributed by atoms with E-state index in [4.69, 9.17) is 14.7 Å². The SMILES string of the molecule is CCCC(C)(OC)C(=O)Nc1ccc(OCC)c(C#N)c1. The van der Waals surface area contributed by atoms with Gasteiger partial charge in [0.2, 0.25) is 0 Å². The molecule has 1 rings (SSSR count). The molecule has 5 heteroatoms. The monoisotopic (exact) mass is 290 g/mol. The van der Waals surface area contributed by atoms with Crippen molar-refractivity contribution in [1.82, 2.24) is 0 Å². The molecule has 1 aromatic carbocycles. The molecule has 0 aliphatic heterocycles. The summed E-state index contributed by atoms with van der Waals surface area (Å²) in [5.41, 5.74) is 0.0730. The maximum atomic E-state index is 12.3. The molecule has 0 fully saturated rings.